The SMILES string of the molecule is Cl.NCCCCC(NC(=O)OCc1ccccc1)C(=O)C1(C(=O)C(N)CCC(N)=O)CCCC1(N)C(=O)O. The van der Waals surface area contributed by atoms with Crippen LogP contribution in [-0.4, -0.2) is 58.8 Å². The summed E-state index contributed by atoms with van der Waals surface area (Å²) in [7, 11) is 0. The third-order valence-corrected chi connectivity index (χ3v) is 6.91. The van der Waals surface area contributed by atoms with Gasteiger partial charge in [0.25, 0.3) is 0 Å². The number of carboxylic acid groups (broad SMARTS) is 1. The number of nitrogens with one attached hydrogen (secondary N) is 1. The van der Waals surface area contributed by atoms with E-state index in [0.29, 0.717) is 19.4 Å². The Kier molecular flexibility index (Phi) is 12.8. The molecule has 0 aliphatic heterocycles. The Hall–Kier alpha value is -3.06. The van der Waals surface area contributed by atoms with Crippen molar-refractivity contribution >= 4 is 41.9 Å². The van der Waals surface area contributed by atoms with Gasteiger partial charge in [-0.15, -0.1) is 12.4 Å². The largest absolute Gasteiger partial charge is 0.480 e. The maximum atomic E-state index is 14.1. The van der Waals surface area contributed by atoms with E-state index < -0.39 is 52.6 Å². The van der Waals surface area contributed by atoms with Crippen molar-refractivity contribution in [2.24, 2.45) is 28.3 Å². The van der Waals surface area contributed by atoms with Gasteiger partial charge in [0.05, 0.1) is 12.1 Å². The van der Waals surface area contributed by atoms with Crippen molar-refractivity contribution in [1.82, 2.24) is 5.32 Å². The molecule has 1 saturated carbocycles. The molecule has 4 atom stereocenters. The van der Waals surface area contributed by atoms with Crippen LogP contribution in [0.5, 0.6) is 0 Å². The maximum absolute atomic E-state index is 14.1. The average molecular weight is 556 g/mol. The fourth-order valence-corrected chi connectivity index (χ4v) is 4.88. The smallest absolute Gasteiger partial charge is 0.408 e. The lowest BCUT2D eigenvalue weighted by Gasteiger charge is -2.41. The second kappa shape index (κ2) is 14.8. The van der Waals surface area contributed by atoms with Crippen LogP contribution in [0.25, 0.3) is 0 Å². The lowest BCUT2D eigenvalue weighted by molar-refractivity contribution is -0.160. The fraction of sp³-hybridized carbons (Fsp3) is 0.560. The molecule has 0 bridgehead atoms. The van der Waals surface area contributed by atoms with E-state index in [2.05, 4.69) is 5.32 Å². The topological polar surface area (TPSA) is 231 Å². The molecule has 1 aliphatic carbocycles. The second-order valence-electron chi connectivity index (χ2n) is 9.42. The number of benzene rings is 1. The molecule has 1 fully saturated rings. The quantitative estimate of drug-likeness (QED) is 0.130. The molecule has 13 heteroatoms. The number of nitrogens with two attached hydrogens (primary N) is 4. The number of unbranched alkanes of at least 4 members (excludes halogenated alkanes) is 1. The normalized spacial score (nSPS) is 22.0. The van der Waals surface area contributed by atoms with E-state index in [4.69, 9.17) is 27.7 Å². The van der Waals surface area contributed by atoms with Crippen molar-refractivity contribution in [3.63, 3.8) is 0 Å². The number of ether oxygens (including phenoxy) is 1. The van der Waals surface area contributed by atoms with Crippen LogP contribution < -0.4 is 28.3 Å². The van der Waals surface area contributed by atoms with Crippen LogP contribution in [-0.2, 0) is 30.5 Å². The Morgan fingerprint density at radius 3 is 2.26 bits per heavy atom. The highest BCUT2D eigenvalue weighted by molar-refractivity contribution is 6.16. The molecular formula is C25H38ClN5O7. The first-order valence-corrected chi connectivity index (χ1v) is 12.3. The van der Waals surface area contributed by atoms with Crippen LogP contribution in [0.15, 0.2) is 30.3 Å². The average Bonchev–Trinajstić information content (AvgIpc) is 3.24. The summed E-state index contributed by atoms with van der Waals surface area (Å²) in [5.74, 6) is -3.96. The second-order valence-corrected chi connectivity index (χ2v) is 9.42. The van der Waals surface area contributed by atoms with Gasteiger partial charge in [-0.05, 0) is 57.1 Å². The van der Waals surface area contributed by atoms with Crippen molar-refractivity contribution in [3.05, 3.63) is 35.9 Å². The van der Waals surface area contributed by atoms with Gasteiger partial charge in [-0.3, -0.25) is 19.2 Å². The summed E-state index contributed by atoms with van der Waals surface area (Å²) in [4.78, 5) is 63.9. The Bertz CT molecular complexity index is 996. The molecule has 4 unspecified atom stereocenters. The molecule has 0 saturated heterocycles. The highest BCUT2D eigenvalue weighted by Crippen LogP contribution is 2.48. The van der Waals surface area contributed by atoms with Gasteiger partial charge in [0.2, 0.25) is 5.91 Å². The van der Waals surface area contributed by atoms with Crippen molar-refractivity contribution in [1.29, 1.82) is 0 Å². The van der Waals surface area contributed by atoms with E-state index >= 15 is 0 Å². The number of rotatable bonds is 15. The van der Waals surface area contributed by atoms with Crippen LogP contribution in [0.2, 0.25) is 0 Å². The zero-order valence-corrected chi connectivity index (χ0v) is 22.0. The Morgan fingerprint density at radius 2 is 1.68 bits per heavy atom. The third-order valence-electron chi connectivity index (χ3n) is 6.91. The number of carbonyl (C=O) groups excluding carboxylic acids is 4. The fourth-order valence-electron chi connectivity index (χ4n) is 4.88. The van der Waals surface area contributed by atoms with Crippen molar-refractivity contribution in [2.45, 2.75) is 75.6 Å². The highest BCUT2D eigenvalue weighted by Gasteiger charge is 2.67. The van der Waals surface area contributed by atoms with Crippen LogP contribution in [0.1, 0.15) is 56.9 Å². The van der Waals surface area contributed by atoms with Gasteiger partial charge in [0.1, 0.15) is 17.6 Å². The number of alkyl carbamates (subject to hydrolysis) is 1. The standard InChI is InChI=1S/C25H37N5O7.ClH/c26-14-5-4-9-18(30-23(36)37-15-16-7-2-1-3-8-16)21(33)24(12-6-13-25(24,29)22(34)35)20(32)17(27)10-11-19(28)31;/h1-3,7-8,17-18H,4-6,9-15,26-27,29H2,(H2,28,31)(H,30,36)(H,34,35);1H. The Labute approximate surface area is 227 Å². The van der Waals surface area contributed by atoms with Gasteiger partial charge < -0.3 is 38.1 Å². The minimum atomic E-state index is -2.24. The summed E-state index contributed by atoms with van der Waals surface area (Å²) in [6.07, 6.45) is -0.428. The van der Waals surface area contributed by atoms with Gasteiger partial charge in [-0.1, -0.05) is 30.3 Å². The maximum Gasteiger partial charge on any atom is 0.408 e. The number of hydrogen-bond donors (Lipinski definition) is 6. The predicted octanol–water partition coefficient (Wildman–Crippen LogP) is 0.516. The first-order valence-electron chi connectivity index (χ1n) is 12.3. The lowest BCUT2D eigenvalue weighted by atomic mass is 9.62. The Balaban J connectivity index is 0.00000722. The molecule has 0 aromatic heterocycles. The molecule has 1 aromatic carbocycles. The van der Waals surface area contributed by atoms with E-state index in [1.807, 2.05) is 6.07 Å². The zero-order chi connectivity index (χ0) is 27.6. The van der Waals surface area contributed by atoms with E-state index in [1.54, 1.807) is 24.3 Å². The van der Waals surface area contributed by atoms with Gasteiger partial charge in [0, 0.05) is 6.42 Å². The number of carbonyl (C=O) groups is 5. The van der Waals surface area contributed by atoms with Crippen molar-refractivity contribution < 1.29 is 33.8 Å². The predicted molar refractivity (Wildman–Crippen MR) is 141 cm³/mol. The van der Waals surface area contributed by atoms with Crippen molar-refractivity contribution in [3.8, 4) is 0 Å². The number of amides is 2. The number of ketones is 2. The summed E-state index contributed by atoms with van der Waals surface area (Å²) < 4.78 is 5.25. The molecule has 10 N–H and O–H groups in total. The van der Waals surface area contributed by atoms with Gasteiger partial charge in [-0.2, -0.15) is 0 Å². The first-order chi connectivity index (χ1) is 17.5. The summed E-state index contributed by atoms with van der Waals surface area (Å²) >= 11 is 0. The van der Waals surface area contributed by atoms with E-state index in [0.717, 1.165) is 5.56 Å². The number of primary amides is 1. The highest BCUT2D eigenvalue weighted by atomic mass is 35.5. The number of Topliss-reactive ketones (excluding diaryl/α,β-unsaturated/α-hetero) is 2. The molecule has 1 aliphatic rings. The van der Waals surface area contributed by atoms with Crippen LogP contribution >= 0.6 is 12.4 Å². The number of halogens is 1. The van der Waals surface area contributed by atoms with Gasteiger partial charge in [0.15, 0.2) is 11.6 Å². The zero-order valence-electron chi connectivity index (χ0n) is 21.2. The molecule has 2 rings (SSSR count). The van der Waals surface area contributed by atoms with Gasteiger partial charge in [-0.25, -0.2) is 4.79 Å². The summed E-state index contributed by atoms with van der Waals surface area (Å²) in [6, 6.07) is 6.25. The number of carboxylic acids is 1. The third kappa shape index (κ3) is 7.50. The molecule has 212 valence electrons. The van der Waals surface area contributed by atoms with E-state index in [-0.39, 0.29) is 57.5 Å². The molecule has 0 radical (unpaired) electrons. The molecule has 12 nitrogen and oxygen atoms in total. The molecule has 0 spiro atoms. The Morgan fingerprint density at radius 1 is 1.03 bits per heavy atom. The first kappa shape index (κ1) is 33.0. The molecule has 2 amide bonds. The monoisotopic (exact) mass is 555 g/mol. The van der Waals surface area contributed by atoms with E-state index in [9.17, 15) is 29.1 Å². The molecule has 0 heterocycles. The lowest BCUT2D eigenvalue weighted by Crippen LogP contribution is -2.69. The summed E-state index contributed by atoms with van der Waals surface area (Å²) in [5, 5.41) is 12.5. The summed E-state index contributed by atoms with van der Waals surface area (Å²) in [6.45, 7) is 0.270. The number of hydrogen-bond acceptors (Lipinski definition) is 9. The minimum Gasteiger partial charge on any atom is -0.480 e. The van der Waals surface area contributed by atoms with Crippen LogP contribution in [0, 0.1) is 5.41 Å². The summed E-state index contributed by atoms with van der Waals surface area (Å²) in [5.41, 5.74) is 19.3. The molecular weight excluding hydrogens is 518 g/mol. The minimum absolute atomic E-state index is 0. The number of aliphatic carboxylic acids is 1. The van der Waals surface area contributed by atoms with Gasteiger partial charge >= 0.3 is 12.1 Å². The van der Waals surface area contributed by atoms with Crippen LogP contribution in [0.4, 0.5) is 4.79 Å². The van der Waals surface area contributed by atoms with Crippen molar-refractivity contribution in [2.75, 3.05) is 6.54 Å². The molecule has 1 aromatic rings. The van der Waals surface area contributed by atoms with E-state index in [1.165, 1.54) is 0 Å². The van der Waals surface area contributed by atoms with Crippen LogP contribution in [0.3, 0.4) is 0 Å². The molecule has 38 heavy (non-hydrogen) atoms.